The van der Waals surface area contributed by atoms with Crippen molar-refractivity contribution in [3.8, 4) is 0 Å². The van der Waals surface area contributed by atoms with Crippen LogP contribution in [0.5, 0.6) is 0 Å². The predicted octanol–water partition coefficient (Wildman–Crippen LogP) is 6.36. The minimum atomic E-state index is -1.44. The first-order chi connectivity index (χ1) is 10.6. The summed E-state index contributed by atoms with van der Waals surface area (Å²) in [6, 6.07) is 0. The van der Waals surface area contributed by atoms with Gasteiger partial charge in [-0.15, -0.1) is 0 Å². The number of hydrogen-bond donors (Lipinski definition) is 0. The molecule has 0 aliphatic heterocycles. The maximum absolute atomic E-state index is 6.30. The quantitative estimate of drug-likeness (QED) is 0.243. The maximum atomic E-state index is 6.30. The summed E-state index contributed by atoms with van der Waals surface area (Å²) < 4.78 is 12.6. The lowest BCUT2D eigenvalue weighted by molar-refractivity contribution is 0.241. The van der Waals surface area contributed by atoms with E-state index in [1.165, 1.54) is 44.9 Å². The number of unbranched alkanes of at least 4 members (excludes halogenated alkanes) is 3. The standard InChI is InChI=1S/C19H40O2Si2/c1-8-9-10-11-12-18(16-20-22(2,3)4)17-13-14-19(15-17)21-23(5,6)7/h15,18-19H,8-14,16H2,1-7H3. The van der Waals surface area contributed by atoms with E-state index in [1.54, 1.807) is 5.57 Å². The fraction of sp³-hybridized carbons (Fsp3) is 0.895. The molecule has 0 fully saturated rings. The van der Waals surface area contributed by atoms with Crippen molar-refractivity contribution < 1.29 is 8.85 Å². The maximum Gasteiger partial charge on any atom is 0.184 e. The van der Waals surface area contributed by atoms with Crippen LogP contribution >= 0.6 is 0 Å². The third-order valence-electron chi connectivity index (χ3n) is 4.27. The smallest absolute Gasteiger partial charge is 0.184 e. The Kier molecular flexibility index (Phi) is 8.77. The SMILES string of the molecule is CCCCCCC(CO[Si](C)(C)C)C1=CC(O[Si](C)(C)C)CC1. The van der Waals surface area contributed by atoms with Gasteiger partial charge in [0.1, 0.15) is 0 Å². The van der Waals surface area contributed by atoms with E-state index in [0.29, 0.717) is 12.0 Å². The molecule has 1 aliphatic carbocycles. The fourth-order valence-corrected chi connectivity index (χ4v) is 4.94. The molecule has 0 aromatic rings. The van der Waals surface area contributed by atoms with Gasteiger partial charge >= 0.3 is 0 Å². The Morgan fingerprint density at radius 3 is 2.30 bits per heavy atom. The highest BCUT2D eigenvalue weighted by Crippen LogP contribution is 2.32. The largest absolute Gasteiger partial charge is 0.417 e. The summed E-state index contributed by atoms with van der Waals surface area (Å²) in [6.45, 7) is 16.9. The Balaban J connectivity index is 2.61. The van der Waals surface area contributed by atoms with Gasteiger partial charge < -0.3 is 8.85 Å². The molecular formula is C19H40O2Si2. The Labute approximate surface area is 147 Å². The van der Waals surface area contributed by atoms with Crippen LogP contribution < -0.4 is 0 Å². The molecule has 0 saturated carbocycles. The molecule has 0 amide bonds. The Bertz CT molecular complexity index is 367. The molecule has 2 unspecified atom stereocenters. The van der Waals surface area contributed by atoms with Crippen LogP contribution in [0.2, 0.25) is 39.3 Å². The summed E-state index contributed by atoms with van der Waals surface area (Å²) in [4.78, 5) is 0. The normalized spacial score (nSPS) is 20.7. The average molecular weight is 357 g/mol. The Morgan fingerprint density at radius 1 is 1.04 bits per heavy atom. The van der Waals surface area contributed by atoms with Gasteiger partial charge in [-0.1, -0.05) is 44.3 Å². The van der Waals surface area contributed by atoms with E-state index in [0.717, 1.165) is 6.61 Å². The molecule has 23 heavy (non-hydrogen) atoms. The van der Waals surface area contributed by atoms with E-state index in [1.807, 2.05) is 0 Å². The molecular weight excluding hydrogens is 316 g/mol. The van der Waals surface area contributed by atoms with Crippen LogP contribution in [0.1, 0.15) is 51.9 Å². The highest BCUT2D eigenvalue weighted by atomic mass is 28.4. The third kappa shape index (κ3) is 9.85. The highest BCUT2D eigenvalue weighted by molar-refractivity contribution is 6.70. The molecule has 1 rings (SSSR count). The van der Waals surface area contributed by atoms with Crippen LogP contribution in [-0.2, 0) is 8.85 Å². The minimum Gasteiger partial charge on any atom is -0.417 e. The van der Waals surface area contributed by atoms with Crippen molar-refractivity contribution in [3.05, 3.63) is 11.6 Å². The second-order valence-electron chi connectivity index (χ2n) is 9.02. The van der Waals surface area contributed by atoms with Gasteiger partial charge in [-0.3, -0.25) is 0 Å². The second kappa shape index (κ2) is 9.54. The van der Waals surface area contributed by atoms with Crippen molar-refractivity contribution in [2.75, 3.05) is 6.61 Å². The molecule has 4 heteroatoms. The van der Waals surface area contributed by atoms with Gasteiger partial charge in [-0.25, -0.2) is 0 Å². The van der Waals surface area contributed by atoms with Gasteiger partial charge in [0, 0.05) is 12.5 Å². The molecule has 0 spiro atoms. The van der Waals surface area contributed by atoms with Crippen LogP contribution in [0.4, 0.5) is 0 Å². The molecule has 0 heterocycles. The molecule has 0 N–H and O–H groups in total. The van der Waals surface area contributed by atoms with Gasteiger partial charge in [-0.2, -0.15) is 0 Å². The summed E-state index contributed by atoms with van der Waals surface area (Å²) in [5.41, 5.74) is 1.61. The zero-order valence-corrected chi connectivity index (χ0v) is 18.7. The minimum absolute atomic E-state index is 0.363. The van der Waals surface area contributed by atoms with Gasteiger partial charge in [0.2, 0.25) is 0 Å². The lowest BCUT2D eigenvalue weighted by Gasteiger charge is -2.24. The zero-order chi connectivity index (χ0) is 17.5. The van der Waals surface area contributed by atoms with E-state index in [2.05, 4.69) is 52.3 Å². The summed E-state index contributed by atoms with van der Waals surface area (Å²) in [6.07, 6.45) is 11.9. The van der Waals surface area contributed by atoms with Gasteiger partial charge in [0.25, 0.3) is 0 Å². The van der Waals surface area contributed by atoms with Crippen LogP contribution in [0.25, 0.3) is 0 Å². The van der Waals surface area contributed by atoms with Gasteiger partial charge in [0.05, 0.1) is 6.10 Å². The van der Waals surface area contributed by atoms with E-state index in [9.17, 15) is 0 Å². The van der Waals surface area contributed by atoms with E-state index < -0.39 is 16.6 Å². The molecule has 0 radical (unpaired) electrons. The van der Waals surface area contributed by atoms with E-state index >= 15 is 0 Å². The summed E-state index contributed by atoms with van der Waals surface area (Å²) in [5, 5.41) is 0. The first-order valence-corrected chi connectivity index (χ1v) is 16.4. The molecule has 0 bridgehead atoms. The number of hydrogen-bond acceptors (Lipinski definition) is 2. The summed E-state index contributed by atoms with van der Waals surface area (Å²) in [7, 11) is -2.87. The lowest BCUT2D eigenvalue weighted by Crippen LogP contribution is -2.30. The molecule has 0 aromatic heterocycles. The topological polar surface area (TPSA) is 18.5 Å². The van der Waals surface area contributed by atoms with Crippen molar-refractivity contribution >= 4 is 16.6 Å². The van der Waals surface area contributed by atoms with Crippen molar-refractivity contribution in [2.45, 2.75) is 97.3 Å². The summed E-state index contributed by atoms with van der Waals surface area (Å²) in [5.74, 6) is 0.619. The highest BCUT2D eigenvalue weighted by Gasteiger charge is 2.27. The van der Waals surface area contributed by atoms with Crippen LogP contribution in [-0.4, -0.2) is 29.3 Å². The fourth-order valence-electron chi connectivity index (χ4n) is 3.15. The Morgan fingerprint density at radius 2 is 1.74 bits per heavy atom. The lowest BCUT2D eigenvalue weighted by atomic mass is 9.93. The van der Waals surface area contributed by atoms with Gasteiger partial charge in [-0.05, 0) is 58.5 Å². The van der Waals surface area contributed by atoms with Crippen molar-refractivity contribution in [1.29, 1.82) is 0 Å². The van der Waals surface area contributed by atoms with Crippen LogP contribution in [0, 0.1) is 5.92 Å². The Hall–Kier alpha value is 0.0938. The predicted molar refractivity (Wildman–Crippen MR) is 107 cm³/mol. The molecule has 2 nitrogen and oxygen atoms in total. The molecule has 136 valence electrons. The molecule has 1 aliphatic rings. The van der Waals surface area contributed by atoms with Crippen LogP contribution in [0.3, 0.4) is 0 Å². The van der Waals surface area contributed by atoms with E-state index in [4.69, 9.17) is 8.85 Å². The molecule has 0 saturated heterocycles. The molecule has 2 atom stereocenters. The first kappa shape index (κ1) is 21.1. The average Bonchev–Trinajstić information content (AvgIpc) is 2.82. The van der Waals surface area contributed by atoms with E-state index in [-0.39, 0.29) is 0 Å². The van der Waals surface area contributed by atoms with Crippen molar-refractivity contribution in [3.63, 3.8) is 0 Å². The zero-order valence-electron chi connectivity index (χ0n) is 16.7. The third-order valence-corrected chi connectivity index (χ3v) is 6.31. The second-order valence-corrected chi connectivity index (χ2v) is 18.0. The molecule has 0 aromatic carbocycles. The van der Waals surface area contributed by atoms with Crippen LogP contribution in [0.15, 0.2) is 11.6 Å². The monoisotopic (exact) mass is 356 g/mol. The van der Waals surface area contributed by atoms with Crippen molar-refractivity contribution in [1.82, 2.24) is 0 Å². The first-order valence-electron chi connectivity index (χ1n) is 9.63. The number of rotatable bonds is 11. The van der Waals surface area contributed by atoms with Gasteiger partial charge in [0.15, 0.2) is 16.6 Å². The van der Waals surface area contributed by atoms with Crippen molar-refractivity contribution in [2.24, 2.45) is 5.92 Å². The summed E-state index contributed by atoms with van der Waals surface area (Å²) >= 11 is 0.